The minimum Gasteiger partial charge on any atom is -0.481 e. The first kappa shape index (κ1) is 15.8. The molecule has 110 valence electrons. The molecule has 0 saturated carbocycles. The van der Waals surface area contributed by atoms with Gasteiger partial charge in [-0.25, -0.2) is 4.79 Å². The summed E-state index contributed by atoms with van der Waals surface area (Å²) in [5, 5.41) is 11.8. The first-order valence-corrected chi connectivity index (χ1v) is 6.32. The Labute approximate surface area is 117 Å². The highest BCUT2D eigenvalue weighted by Gasteiger charge is 2.19. The fourth-order valence-electron chi connectivity index (χ4n) is 1.52. The van der Waals surface area contributed by atoms with Crippen LogP contribution in [0.5, 0.6) is 5.75 Å². The Hall–Kier alpha value is -2.24. The van der Waals surface area contributed by atoms with Crippen LogP contribution in [0.15, 0.2) is 18.2 Å². The van der Waals surface area contributed by atoms with Gasteiger partial charge in [-0.1, -0.05) is 13.0 Å². The highest BCUT2D eigenvalue weighted by molar-refractivity contribution is 5.93. The summed E-state index contributed by atoms with van der Waals surface area (Å²) in [5.74, 6) is -1.46. The van der Waals surface area contributed by atoms with Crippen molar-refractivity contribution in [2.24, 2.45) is 0 Å². The third-order valence-electron chi connectivity index (χ3n) is 2.99. The molecular formula is C14H20N2O4. The molecule has 0 atom stereocenters. The normalized spacial score (nSPS) is 10.9. The van der Waals surface area contributed by atoms with Crippen molar-refractivity contribution >= 4 is 17.6 Å². The number of carboxylic acid groups (broad SMARTS) is 1. The summed E-state index contributed by atoms with van der Waals surface area (Å²) in [7, 11) is 0. The standard InChI is InChI=1S/C14H20N2O4/c1-4-14(2,3)16-11(17)8-20-12-9(13(18)19)6-5-7-10(12)15/h5-7H,4,8,15H2,1-3H3,(H,16,17)(H,18,19). The lowest BCUT2D eigenvalue weighted by atomic mass is 10.0. The van der Waals surface area contributed by atoms with Crippen LogP contribution in [0.3, 0.4) is 0 Å². The van der Waals surface area contributed by atoms with Crippen LogP contribution in [0.25, 0.3) is 0 Å². The van der Waals surface area contributed by atoms with Crippen molar-refractivity contribution < 1.29 is 19.4 Å². The number of ether oxygens (including phenoxy) is 1. The smallest absolute Gasteiger partial charge is 0.339 e. The first-order valence-electron chi connectivity index (χ1n) is 6.32. The van der Waals surface area contributed by atoms with E-state index in [4.69, 9.17) is 15.6 Å². The maximum Gasteiger partial charge on any atom is 0.339 e. The molecular weight excluding hydrogens is 260 g/mol. The SMILES string of the molecule is CCC(C)(C)NC(=O)COc1c(N)cccc1C(=O)O. The van der Waals surface area contributed by atoms with Crippen LogP contribution in [-0.4, -0.2) is 29.1 Å². The molecule has 0 saturated heterocycles. The zero-order chi connectivity index (χ0) is 15.3. The van der Waals surface area contributed by atoms with Crippen LogP contribution >= 0.6 is 0 Å². The van der Waals surface area contributed by atoms with Crippen molar-refractivity contribution in [2.45, 2.75) is 32.7 Å². The van der Waals surface area contributed by atoms with Gasteiger partial charge in [0.2, 0.25) is 0 Å². The number of nitrogen functional groups attached to an aromatic ring is 1. The van der Waals surface area contributed by atoms with E-state index in [0.29, 0.717) is 0 Å². The Morgan fingerprint density at radius 2 is 2.05 bits per heavy atom. The highest BCUT2D eigenvalue weighted by Crippen LogP contribution is 2.26. The van der Waals surface area contributed by atoms with Crippen LogP contribution < -0.4 is 15.8 Å². The molecule has 0 radical (unpaired) electrons. The first-order chi connectivity index (χ1) is 9.26. The summed E-state index contributed by atoms with van der Waals surface area (Å²) in [5.41, 5.74) is 5.47. The van der Waals surface area contributed by atoms with Crippen LogP contribution in [0.4, 0.5) is 5.69 Å². The van der Waals surface area contributed by atoms with E-state index in [9.17, 15) is 9.59 Å². The number of nitrogens with one attached hydrogen (secondary N) is 1. The Bertz CT molecular complexity index is 512. The lowest BCUT2D eigenvalue weighted by molar-refractivity contribution is -0.124. The number of carboxylic acids is 1. The molecule has 0 bridgehead atoms. The number of amides is 1. The number of nitrogens with two attached hydrogens (primary N) is 1. The predicted octanol–water partition coefficient (Wildman–Crippen LogP) is 1.65. The minimum absolute atomic E-state index is 0.0180. The molecule has 0 unspecified atom stereocenters. The molecule has 1 aromatic carbocycles. The molecule has 1 amide bonds. The average Bonchev–Trinajstić information content (AvgIpc) is 2.36. The van der Waals surface area contributed by atoms with Crippen molar-refractivity contribution in [1.29, 1.82) is 0 Å². The average molecular weight is 280 g/mol. The summed E-state index contributed by atoms with van der Waals surface area (Å²) < 4.78 is 5.26. The lowest BCUT2D eigenvalue weighted by Gasteiger charge is -2.24. The fourth-order valence-corrected chi connectivity index (χ4v) is 1.52. The van der Waals surface area contributed by atoms with Gasteiger partial charge >= 0.3 is 5.97 Å². The molecule has 1 rings (SSSR count). The Balaban J connectivity index is 2.76. The van der Waals surface area contributed by atoms with Gasteiger partial charge in [-0.3, -0.25) is 4.79 Å². The summed E-state index contributed by atoms with van der Waals surface area (Å²) in [4.78, 5) is 22.8. The zero-order valence-corrected chi connectivity index (χ0v) is 11.9. The largest absolute Gasteiger partial charge is 0.481 e. The van der Waals surface area contributed by atoms with Gasteiger partial charge in [-0.05, 0) is 32.4 Å². The van der Waals surface area contributed by atoms with Crippen molar-refractivity contribution in [1.82, 2.24) is 5.32 Å². The van der Waals surface area contributed by atoms with Crippen LogP contribution in [0, 0.1) is 0 Å². The second-order valence-electron chi connectivity index (χ2n) is 5.10. The summed E-state index contributed by atoms with van der Waals surface area (Å²) in [6, 6.07) is 4.42. The zero-order valence-electron chi connectivity index (χ0n) is 11.9. The van der Waals surface area contributed by atoms with Crippen molar-refractivity contribution in [3.8, 4) is 5.75 Å². The van der Waals surface area contributed by atoms with E-state index in [1.807, 2.05) is 20.8 Å². The molecule has 0 aliphatic heterocycles. The molecule has 0 aliphatic carbocycles. The number of carbonyl (C=O) groups is 2. The summed E-state index contributed by atoms with van der Waals surface area (Å²) in [6.45, 7) is 5.46. The Morgan fingerprint density at radius 3 is 2.60 bits per heavy atom. The van der Waals surface area contributed by atoms with Crippen LogP contribution in [-0.2, 0) is 4.79 Å². The van der Waals surface area contributed by atoms with E-state index in [1.54, 1.807) is 0 Å². The second kappa shape index (κ2) is 6.27. The molecule has 20 heavy (non-hydrogen) atoms. The van der Waals surface area contributed by atoms with Gasteiger partial charge < -0.3 is 20.9 Å². The molecule has 0 spiro atoms. The lowest BCUT2D eigenvalue weighted by Crippen LogP contribution is -2.45. The molecule has 6 nitrogen and oxygen atoms in total. The maximum absolute atomic E-state index is 11.8. The maximum atomic E-state index is 11.8. The number of anilines is 1. The van der Waals surface area contributed by atoms with E-state index in [0.717, 1.165) is 6.42 Å². The van der Waals surface area contributed by atoms with Gasteiger partial charge in [-0.2, -0.15) is 0 Å². The van der Waals surface area contributed by atoms with E-state index in [1.165, 1.54) is 18.2 Å². The molecule has 6 heteroatoms. The molecule has 0 fully saturated rings. The van der Waals surface area contributed by atoms with E-state index in [-0.39, 0.29) is 35.1 Å². The van der Waals surface area contributed by atoms with Gasteiger partial charge in [0.1, 0.15) is 5.56 Å². The molecule has 4 N–H and O–H groups in total. The van der Waals surface area contributed by atoms with Crippen LogP contribution in [0.1, 0.15) is 37.6 Å². The van der Waals surface area contributed by atoms with Gasteiger partial charge in [0, 0.05) is 5.54 Å². The van der Waals surface area contributed by atoms with E-state index < -0.39 is 5.97 Å². The Morgan fingerprint density at radius 1 is 1.40 bits per heavy atom. The monoisotopic (exact) mass is 280 g/mol. The Kier molecular flexibility index (Phi) is 4.96. The summed E-state index contributed by atoms with van der Waals surface area (Å²) in [6.07, 6.45) is 0.770. The fraction of sp³-hybridized carbons (Fsp3) is 0.429. The van der Waals surface area contributed by atoms with Crippen molar-refractivity contribution in [3.05, 3.63) is 23.8 Å². The van der Waals surface area contributed by atoms with Crippen molar-refractivity contribution in [3.63, 3.8) is 0 Å². The topological polar surface area (TPSA) is 102 Å². The number of benzene rings is 1. The number of rotatable bonds is 6. The molecule has 1 aromatic rings. The van der Waals surface area contributed by atoms with Gasteiger partial charge in [0.25, 0.3) is 5.91 Å². The summed E-state index contributed by atoms with van der Waals surface area (Å²) >= 11 is 0. The van der Waals surface area contributed by atoms with Gasteiger partial charge in [0.05, 0.1) is 5.69 Å². The quantitative estimate of drug-likeness (QED) is 0.688. The molecule has 0 heterocycles. The number of hydrogen-bond donors (Lipinski definition) is 3. The van der Waals surface area contributed by atoms with E-state index >= 15 is 0 Å². The number of carbonyl (C=O) groups excluding carboxylic acids is 1. The van der Waals surface area contributed by atoms with Gasteiger partial charge in [0.15, 0.2) is 12.4 Å². The minimum atomic E-state index is -1.15. The van der Waals surface area contributed by atoms with Crippen LogP contribution in [0.2, 0.25) is 0 Å². The highest BCUT2D eigenvalue weighted by atomic mass is 16.5. The predicted molar refractivity (Wildman–Crippen MR) is 75.8 cm³/mol. The third kappa shape index (κ3) is 4.15. The number of para-hydroxylation sites is 1. The van der Waals surface area contributed by atoms with Gasteiger partial charge in [-0.15, -0.1) is 0 Å². The van der Waals surface area contributed by atoms with E-state index in [2.05, 4.69) is 5.32 Å². The third-order valence-corrected chi connectivity index (χ3v) is 2.99. The van der Waals surface area contributed by atoms with Crippen molar-refractivity contribution in [2.75, 3.05) is 12.3 Å². The second-order valence-corrected chi connectivity index (χ2v) is 5.10. The number of hydrogen-bond acceptors (Lipinski definition) is 4. The molecule has 0 aliphatic rings. The number of aromatic carboxylic acids is 1. The molecule has 0 aromatic heterocycles.